The lowest BCUT2D eigenvalue weighted by Gasteiger charge is -2.30. The summed E-state index contributed by atoms with van der Waals surface area (Å²) in [5.74, 6) is 0.515. The zero-order chi connectivity index (χ0) is 11.4. The highest BCUT2D eigenvalue weighted by atomic mass is 32.2. The summed E-state index contributed by atoms with van der Waals surface area (Å²) in [6.45, 7) is 2.95. The summed E-state index contributed by atoms with van der Waals surface area (Å²) >= 11 is 2.10. The molecule has 92 valence electrons. The van der Waals surface area contributed by atoms with Gasteiger partial charge < -0.3 is 10.0 Å². The summed E-state index contributed by atoms with van der Waals surface area (Å²) in [5.41, 5.74) is 0. The summed E-state index contributed by atoms with van der Waals surface area (Å²) in [6, 6.07) is 0. The van der Waals surface area contributed by atoms with E-state index in [1.807, 2.05) is 0 Å². The number of carboxylic acids is 1. The van der Waals surface area contributed by atoms with Crippen LogP contribution in [0.15, 0.2) is 0 Å². The normalized spacial score (nSPS) is 26.9. The van der Waals surface area contributed by atoms with Crippen LogP contribution in [-0.2, 0) is 4.79 Å². The average molecular weight is 243 g/mol. The first-order valence-electron chi connectivity index (χ1n) is 6.32. The highest BCUT2D eigenvalue weighted by Crippen LogP contribution is 2.34. The van der Waals surface area contributed by atoms with Gasteiger partial charge in [-0.25, -0.2) is 0 Å². The van der Waals surface area contributed by atoms with Crippen molar-refractivity contribution in [1.29, 1.82) is 0 Å². The Balaban J connectivity index is 1.58. The fourth-order valence-electron chi connectivity index (χ4n) is 2.23. The largest absolute Gasteiger partial charge is 0.481 e. The SMILES string of the molecule is O=C(O)C1CCCN(CCCSC2CC2)C1. The van der Waals surface area contributed by atoms with Crippen LogP contribution < -0.4 is 0 Å². The third kappa shape index (κ3) is 3.98. The van der Waals surface area contributed by atoms with Crippen molar-refractivity contribution < 1.29 is 9.90 Å². The molecule has 16 heavy (non-hydrogen) atoms. The van der Waals surface area contributed by atoms with Crippen LogP contribution in [0.5, 0.6) is 0 Å². The lowest BCUT2D eigenvalue weighted by molar-refractivity contribution is -0.143. The van der Waals surface area contributed by atoms with Crippen molar-refractivity contribution in [2.75, 3.05) is 25.4 Å². The second-order valence-corrected chi connectivity index (χ2v) is 6.31. The molecule has 4 heteroatoms. The molecule has 0 aromatic heterocycles. The Labute approximate surface area is 102 Å². The minimum Gasteiger partial charge on any atom is -0.481 e. The summed E-state index contributed by atoms with van der Waals surface area (Å²) in [5, 5.41) is 9.93. The van der Waals surface area contributed by atoms with E-state index < -0.39 is 5.97 Å². The van der Waals surface area contributed by atoms with Gasteiger partial charge in [-0.1, -0.05) is 0 Å². The van der Waals surface area contributed by atoms with Crippen LogP contribution in [0.1, 0.15) is 32.1 Å². The van der Waals surface area contributed by atoms with Gasteiger partial charge in [0.25, 0.3) is 0 Å². The standard InChI is InChI=1S/C12H21NO2S/c14-12(15)10-3-1-6-13(9-10)7-2-8-16-11-4-5-11/h10-11H,1-9H2,(H,14,15). The minimum atomic E-state index is -0.614. The number of hydrogen-bond acceptors (Lipinski definition) is 3. The molecule has 1 heterocycles. The molecule has 3 nitrogen and oxygen atoms in total. The van der Waals surface area contributed by atoms with Gasteiger partial charge in [0.2, 0.25) is 0 Å². The van der Waals surface area contributed by atoms with Crippen LogP contribution >= 0.6 is 11.8 Å². The predicted molar refractivity (Wildman–Crippen MR) is 66.9 cm³/mol. The summed E-state index contributed by atoms with van der Waals surface area (Å²) in [4.78, 5) is 13.2. The van der Waals surface area contributed by atoms with E-state index >= 15 is 0 Å². The minimum absolute atomic E-state index is 0.121. The Morgan fingerprint density at radius 3 is 2.88 bits per heavy atom. The van der Waals surface area contributed by atoms with Crippen LogP contribution in [0.4, 0.5) is 0 Å². The zero-order valence-corrected chi connectivity index (χ0v) is 10.5. The van der Waals surface area contributed by atoms with Gasteiger partial charge in [-0.2, -0.15) is 11.8 Å². The zero-order valence-electron chi connectivity index (χ0n) is 9.73. The summed E-state index contributed by atoms with van der Waals surface area (Å²) in [7, 11) is 0. The van der Waals surface area contributed by atoms with Gasteiger partial charge in [-0.15, -0.1) is 0 Å². The molecule has 0 bridgehead atoms. The fourth-order valence-corrected chi connectivity index (χ4v) is 3.33. The van der Waals surface area contributed by atoms with Crippen molar-refractivity contribution in [3.63, 3.8) is 0 Å². The number of carboxylic acid groups (broad SMARTS) is 1. The third-order valence-corrected chi connectivity index (χ3v) is 4.82. The topological polar surface area (TPSA) is 40.5 Å². The number of nitrogens with zero attached hydrogens (tertiary/aromatic N) is 1. The molecule has 2 rings (SSSR count). The number of rotatable bonds is 6. The van der Waals surface area contributed by atoms with Gasteiger partial charge in [0, 0.05) is 11.8 Å². The molecule has 0 radical (unpaired) electrons. The van der Waals surface area contributed by atoms with E-state index in [1.54, 1.807) is 0 Å². The van der Waals surface area contributed by atoms with Crippen molar-refractivity contribution >= 4 is 17.7 Å². The number of carbonyl (C=O) groups is 1. The molecule has 2 fully saturated rings. The van der Waals surface area contributed by atoms with Gasteiger partial charge in [0.15, 0.2) is 0 Å². The highest BCUT2D eigenvalue weighted by molar-refractivity contribution is 8.00. The molecule has 0 aromatic rings. The Hall–Kier alpha value is -0.220. The van der Waals surface area contributed by atoms with Crippen molar-refractivity contribution in [1.82, 2.24) is 4.90 Å². The van der Waals surface area contributed by atoms with Crippen LogP contribution in [0.2, 0.25) is 0 Å². The predicted octanol–water partition coefficient (Wildman–Crippen LogP) is 2.07. The molecule has 1 aliphatic heterocycles. The Morgan fingerprint density at radius 2 is 2.19 bits per heavy atom. The quantitative estimate of drug-likeness (QED) is 0.725. The fraction of sp³-hybridized carbons (Fsp3) is 0.917. The molecule has 0 spiro atoms. The van der Waals surface area contributed by atoms with E-state index in [4.69, 9.17) is 5.11 Å². The van der Waals surface area contributed by atoms with Crippen LogP contribution in [0.3, 0.4) is 0 Å². The Morgan fingerprint density at radius 1 is 1.38 bits per heavy atom. The lowest BCUT2D eigenvalue weighted by atomic mass is 9.98. The van der Waals surface area contributed by atoms with E-state index in [0.29, 0.717) is 0 Å². The summed E-state index contributed by atoms with van der Waals surface area (Å²) in [6.07, 6.45) is 5.95. The second kappa shape index (κ2) is 5.92. The monoisotopic (exact) mass is 243 g/mol. The van der Waals surface area contributed by atoms with Crippen molar-refractivity contribution in [3.8, 4) is 0 Å². The van der Waals surface area contributed by atoms with Gasteiger partial charge in [-0.05, 0) is 50.9 Å². The molecule has 0 amide bonds. The molecule has 1 aliphatic carbocycles. The molecule has 2 aliphatic rings. The average Bonchev–Trinajstić information content (AvgIpc) is 3.09. The molecule has 1 unspecified atom stereocenters. The van der Waals surface area contributed by atoms with Crippen molar-refractivity contribution in [2.45, 2.75) is 37.4 Å². The van der Waals surface area contributed by atoms with E-state index in [-0.39, 0.29) is 5.92 Å². The highest BCUT2D eigenvalue weighted by Gasteiger charge is 2.25. The number of aliphatic carboxylic acids is 1. The molecule has 0 aromatic carbocycles. The summed E-state index contributed by atoms with van der Waals surface area (Å²) < 4.78 is 0. The lowest BCUT2D eigenvalue weighted by Crippen LogP contribution is -2.39. The Kier molecular flexibility index (Phi) is 4.53. The first-order valence-corrected chi connectivity index (χ1v) is 7.37. The molecule has 1 atom stereocenters. The van der Waals surface area contributed by atoms with Crippen LogP contribution in [0.25, 0.3) is 0 Å². The maximum absolute atomic E-state index is 10.9. The first kappa shape index (κ1) is 12.2. The first-order chi connectivity index (χ1) is 7.75. The van der Waals surface area contributed by atoms with E-state index in [9.17, 15) is 4.79 Å². The van der Waals surface area contributed by atoms with Gasteiger partial charge in [-0.3, -0.25) is 4.79 Å². The maximum atomic E-state index is 10.9. The number of hydrogen-bond donors (Lipinski definition) is 1. The van der Waals surface area contributed by atoms with Gasteiger partial charge in [0.1, 0.15) is 0 Å². The number of thioether (sulfide) groups is 1. The van der Waals surface area contributed by atoms with Gasteiger partial charge in [0.05, 0.1) is 5.92 Å². The molecule has 1 saturated carbocycles. The van der Waals surface area contributed by atoms with Crippen LogP contribution in [0, 0.1) is 5.92 Å². The number of likely N-dealkylation sites (tertiary alicyclic amines) is 1. The van der Waals surface area contributed by atoms with Crippen molar-refractivity contribution in [2.24, 2.45) is 5.92 Å². The van der Waals surface area contributed by atoms with E-state index in [1.165, 1.54) is 25.0 Å². The second-order valence-electron chi connectivity index (χ2n) is 4.90. The third-order valence-electron chi connectivity index (χ3n) is 3.35. The Bertz CT molecular complexity index is 243. The smallest absolute Gasteiger partial charge is 0.307 e. The van der Waals surface area contributed by atoms with Crippen molar-refractivity contribution in [3.05, 3.63) is 0 Å². The molecular weight excluding hydrogens is 222 g/mol. The number of piperidine rings is 1. The van der Waals surface area contributed by atoms with E-state index in [0.717, 1.165) is 37.7 Å². The van der Waals surface area contributed by atoms with Crippen LogP contribution in [-0.4, -0.2) is 46.6 Å². The molecule has 1 N–H and O–H groups in total. The maximum Gasteiger partial charge on any atom is 0.307 e. The molecule has 1 saturated heterocycles. The molecular formula is C12H21NO2S. The van der Waals surface area contributed by atoms with Gasteiger partial charge >= 0.3 is 5.97 Å². The van der Waals surface area contributed by atoms with E-state index in [2.05, 4.69) is 16.7 Å².